The number of likely N-dealkylation sites (N-methyl/N-ethyl adjacent to an activating group) is 1. The summed E-state index contributed by atoms with van der Waals surface area (Å²) in [4.78, 5) is 6.10. The fourth-order valence-corrected chi connectivity index (χ4v) is 1.05. The van der Waals surface area contributed by atoms with E-state index >= 15 is 0 Å². The van der Waals surface area contributed by atoms with E-state index in [1.54, 1.807) is 6.20 Å². The summed E-state index contributed by atoms with van der Waals surface area (Å²) in [5.41, 5.74) is 1.26. The highest BCUT2D eigenvalue weighted by molar-refractivity contribution is 6.17. The third-order valence-corrected chi connectivity index (χ3v) is 2.12. The number of alkyl halides is 1. The van der Waals surface area contributed by atoms with Gasteiger partial charge in [-0.1, -0.05) is 6.07 Å². The Hall–Kier alpha value is -0.600. The molecule has 0 bridgehead atoms. The van der Waals surface area contributed by atoms with Gasteiger partial charge in [0.1, 0.15) is 0 Å². The van der Waals surface area contributed by atoms with Crippen LogP contribution in [0.5, 0.6) is 0 Å². The van der Waals surface area contributed by atoms with Crippen molar-refractivity contribution in [2.75, 3.05) is 19.6 Å². The van der Waals surface area contributed by atoms with E-state index in [0.29, 0.717) is 6.00 Å². The van der Waals surface area contributed by atoms with Crippen molar-refractivity contribution >= 4 is 11.6 Å². The number of hydrogen-bond donors (Lipinski definition) is 0. The molecule has 0 aliphatic heterocycles. The fourth-order valence-electron chi connectivity index (χ4n) is 0.926. The van der Waals surface area contributed by atoms with Crippen LogP contribution >= 0.6 is 11.6 Å². The Kier molecular flexibility index (Phi) is 4.05. The number of pyridine rings is 1. The van der Waals surface area contributed by atoms with Crippen molar-refractivity contribution < 1.29 is 0 Å². The average Bonchev–Trinajstić information content (AvgIpc) is 2.16. The lowest BCUT2D eigenvalue weighted by Crippen LogP contribution is -2.19. The molecule has 0 unspecified atom stereocenters. The molecular weight excluding hydrogens is 172 g/mol. The smallest absolute Gasteiger partial charge is 0.0736 e. The lowest BCUT2D eigenvalue weighted by atomic mass is 10.2. The van der Waals surface area contributed by atoms with E-state index in [2.05, 4.69) is 16.0 Å². The molecule has 1 rings (SSSR count). The molecular formula is C9H13ClN2. The molecule has 0 spiro atoms. The van der Waals surface area contributed by atoms with Crippen LogP contribution in [0.25, 0.3) is 0 Å². The molecule has 0 aliphatic rings. The van der Waals surface area contributed by atoms with E-state index in [0.717, 1.165) is 13.0 Å². The molecule has 0 N–H and O–H groups in total. The Morgan fingerprint density at radius 3 is 3.00 bits per heavy atom. The van der Waals surface area contributed by atoms with Gasteiger partial charge in [0.05, 0.1) is 6.00 Å². The van der Waals surface area contributed by atoms with Gasteiger partial charge in [-0.15, -0.1) is 11.6 Å². The van der Waals surface area contributed by atoms with Gasteiger partial charge in [-0.2, -0.15) is 0 Å². The second-order valence-corrected chi connectivity index (χ2v) is 3.05. The first-order valence-electron chi connectivity index (χ1n) is 3.96. The monoisotopic (exact) mass is 184 g/mol. The number of halogens is 1. The zero-order valence-corrected chi connectivity index (χ0v) is 7.96. The van der Waals surface area contributed by atoms with Crippen molar-refractivity contribution in [2.24, 2.45) is 0 Å². The molecule has 0 aromatic carbocycles. The van der Waals surface area contributed by atoms with Crippen molar-refractivity contribution in [3.8, 4) is 0 Å². The molecule has 0 saturated heterocycles. The normalized spacial score (nSPS) is 10.6. The van der Waals surface area contributed by atoms with Gasteiger partial charge in [-0.3, -0.25) is 9.88 Å². The maximum atomic E-state index is 5.63. The minimum absolute atomic E-state index is 0.584. The Balaban J connectivity index is 2.33. The molecule has 0 aliphatic carbocycles. The zero-order chi connectivity index (χ0) is 8.81. The van der Waals surface area contributed by atoms with E-state index < -0.39 is 0 Å². The molecule has 0 radical (unpaired) electrons. The lowest BCUT2D eigenvalue weighted by Gasteiger charge is -2.11. The number of rotatable bonds is 4. The molecule has 66 valence electrons. The molecule has 0 saturated carbocycles. The first kappa shape index (κ1) is 9.49. The summed E-state index contributed by atoms with van der Waals surface area (Å²) in [6.45, 7) is 0.981. The molecule has 12 heavy (non-hydrogen) atoms. The van der Waals surface area contributed by atoms with Crippen LogP contribution in [0, 0.1) is 0 Å². The summed E-state index contributed by atoms with van der Waals surface area (Å²) < 4.78 is 0. The summed E-state index contributed by atoms with van der Waals surface area (Å²) in [5, 5.41) is 0. The number of nitrogens with zero attached hydrogens (tertiary/aromatic N) is 2. The Morgan fingerprint density at radius 1 is 1.58 bits per heavy atom. The second kappa shape index (κ2) is 5.12. The van der Waals surface area contributed by atoms with Crippen LogP contribution in [-0.2, 0) is 6.42 Å². The summed E-state index contributed by atoms with van der Waals surface area (Å²) in [6.07, 6.45) is 4.69. The van der Waals surface area contributed by atoms with E-state index in [9.17, 15) is 0 Å². The van der Waals surface area contributed by atoms with Crippen molar-refractivity contribution in [1.82, 2.24) is 9.88 Å². The van der Waals surface area contributed by atoms with E-state index in [4.69, 9.17) is 11.6 Å². The van der Waals surface area contributed by atoms with Crippen molar-refractivity contribution in [3.63, 3.8) is 0 Å². The molecule has 0 atom stereocenters. The van der Waals surface area contributed by atoms with Crippen molar-refractivity contribution in [2.45, 2.75) is 6.42 Å². The number of hydrogen-bond acceptors (Lipinski definition) is 2. The molecule has 0 amide bonds. The van der Waals surface area contributed by atoms with Crippen LogP contribution in [0.2, 0.25) is 0 Å². The van der Waals surface area contributed by atoms with Crippen LogP contribution in [-0.4, -0.2) is 29.5 Å². The molecule has 1 aromatic rings. The lowest BCUT2D eigenvalue weighted by molar-refractivity contribution is 0.394. The Morgan fingerprint density at radius 2 is 2.42 bits per heavy atom. The third kappa shape index (κ3) is 3.20. The fraction of sp³-hybridized carbons (Fsp3) is 0.444. The van der Waals surface area contributed by atoms with E-state index in [-0.39, 0.29) is 0 Å². The van der Waals surface area contributed by atoms with Crippen LogP contribution in [0.4, 0.5) is 0 Å². The highest BCUT2D eigenvalue weighted by atomic mass is 35.5. The van der Waals surface area contributed by atoms with Gasteiger partial charge in [0.2, 0.25) is 0 Å². The van der Waals surface area contributed by atoms with Crippen LogP contribution in [0.15, 0.2) is 24.5 Å². The summed E-state index contributed by atoms with van der Waals surface area (Å²) >= 11 is 5.63. The molecule has 0 fully saturated rings. The second-order valence-electron chi connectivity index (χ2n) is 2.81. The summed E-state index contributed by atoms with van der Waals surface area (Å²) in [7, 11) is 2.00. The molecule has 1 aromatic heterocycles. The number of aromatic nitrogens is 1. The van der Waals surface area contributed by atoms with Gasteiger partial charge in [-0.05, 0) is 25.1 Å². The maximum Gasteiger partial charge on any atom is 0.0736 e. The van der Waals surface area contributed by atoms with Gasteiger partial charge in [0.25, 0.3) is 0 Å². The van der Waals surface area contributed by atoms with Gasteiger partial charge in [-0.25, -0.2) is 0 Å². The van der Waals surface area contributed by atoms with Crippen LogP contribution in [0.3, 0.4) is 0 Å². The average molecular weight is 185 g/mol. The highest BCUT2D eigenvalue weighted by Gasteiger charge is 1.96. The Labute approximate surface area is 78.2 Å². The van der Waals surface area contributed by atoms with Gasteiger partial charge >= 0.3 is 0 Å². The quantitative estimate of drug-likeness (QED) is 0.524. The first-order valence-corrected chi connectivity index (χ1v) is 4.50. The predicted molar refractivity (Wildman–Crippen MR) is 51.3 cm³/mol. The zero-order valence-electron chi connectivity index (χ0n) is 7.20. The molecule has 3 heteroatoms. The highest BCUT2D eigenvalue weighted by Crippen LogP contribution is 1.98. The van der Waals surface area contributed by atoms with E-state index in [1.165, 1.54) is 5.56 Å². The SMILES string of the molecule is CN(CCl)CCc1cccnc1. The van der Waals surface area contributed by atoms with Crippen molar-refractivity contribution in [1.29, 1.82) is 0 Å². The topological polar surface area (TPSA) is 16.1 Å². The minimum Gasteiger partial charge on any atom is -0.293 e. The minimum atomic E-state index is 0.584. The van der Waals surface area contributed by atoms with E-state index in [1.807, 2.05) is 19.3 Å². The van der Waals surface area contributed by atoms with Crippen LogP contribution < -0.4 is 0 Å². The maximum absolute atomic E-state index is 5.63. The largest absolute Gasteiger partial charge is 0.293 e. The van der Waals surface area contributed by atoms with Crippen LogP contribution in [0.1, 0.15) is 5.56 Å². The van der Waals surface area contributed by atoms with Gasteiger partial charge in [0.15, 0.2) is 0 Å². The third-order valence-electron chi connectivity index (χ3n) is 1.71. The predicted octanol–water partition coefficient (Wildman–Crippen LogP) is 1.75. The van der Waals surface area contributed by atoms with Crippen molar-refractivity contribution in [3.05, 3.63) is 30.1 Å². The molecule has 1 heterocycles. The summed E-state index contributed by atoms with van der Waals surface area (Å²) in [6, 6.07) is 4.62. The van der Waals surface area contributed by atoms with Gasteiger partial charge < -0.3 is 0 Å². The first-order chi connectivity index (χ1) is 5.83. The van der Waals surface area contributed by atoms with Gasteiger partial charge in [0, 0.05) is 18.9 Å². The Bertz CT molecular complexity index is 213. The standard InChI is InChI=1S/C9H13ClN2/c1-12(8-10)6-4-9-3-2-5-11-7-9/h2-3,5,7H,4,6,8H2,1H3. The molecule has 2 nitrogen and oxygen atoms in total. The summed E-state index contributed by atoms with van der Waals surface area (Å²) in [5.74, 6) is 0.